The molecule has 43 heavy (non-hydrogen) atoms. The van der Waals surface area contributed by atoms with Gasteiger partial charge >= 0.3 is 0 Å². The molecule has 0 atom stereocenters. The Morgan fingerprint density at radius 1 is 0.837 bits per heavy atom. The summed E-state index contributed by atoms with van der Waals surface area (Å²) in [4.78, 5) is 20.8. The largest absolute Gasteiger partial charge is 0.488 e. The van der Waals surface area contributed by atoms with Gasteiger partial charge in [0, 0.05) is 20.6 Å². The molecule has 1 saturated heterocycles. The number of thioether (sulfide) groups is 1. The molecule has 6 rings (SSSR count). The van der Waals surface area contributed by atoms with Gasteiger partial charge in [0.25, 0.3) is 5.91 Å². The molecule has 1 heterocycles. The van der Waals surface area contributed by atoms with Crippen LogP contribution in [0.3, 0.4) is 0 Å². The van der Waals surface area contributed by atoms with Gasteiger partial charge in [-0.1, -0.05) is 89.4 Å². The summed E-state index contributed by atoms with van der Waals surface area (Å²) in [5.74, 6) is 0.376. The number of amidine groups is 1. The summed E-state index contributed by atoms with van der Waals surface area (Å²) in [6.07, 6.45) is 1.80. The van der Waals surface area contributed by atoms with E-state index in [1.54, 1.807) is 35.2 Å². The van der Waals surface area contributed by atoms with E-state index in [0.717, 1.165) is 27.5 Å². The molecule has 0 radical (unpaired) electrons. The molecule has 1 amide bonds. The zero-order chi connectivity index (χ0) is 30.1. The van der Waals surface area contributed by atoms with E-state index in [1.165, 1.54) is 11.8 Å². The Balaban J connectivity index is 1.37. The van der Waals surface area contributed by atoms with Gasteiger partial charge in [0.1, 0.15) is 12.4 Å². The average molecular weight is 644 g/mol. The van der Waals surface area contributed by atoms with Crippen LogP contribution in [0, 0.1) is 13.8 Å². The Bertz CT molecular complexity index is 1950. The van der Waals surface area contributed by atoms with Gasteiger partial charge in [0.2, 0.25) is 0 Å². The normalized spacial score (nSPS) is 15.2. The quantitative estimate of drug-likeness (QED) is 0.173. The fourth-order valence-electron chi connectivity index (χ4n) is 4.74. The monoisotopic (exact) mass is 642 g/mol. The van der Waals surface area contributed by atoms with Crippen LogP contribution in [0.4, 0.5) is 11.4 Å². The van der Waals surface area contributed by atoms with Crippen molar-refractivity contribution < 1.29 is 9.53 Å². The van der Waals surface area contributed by atoms with E-state index < -0.39 is 0 Å². The van der Waals surface area contributed by atoms with Gasteiger partial charge in [0.15, 0.2) is 5.17 Å². The van der Waals surface area contributed by atoms with Crippen LogP contribution in [-0.2, 0) is 11.4 Å². The van der Waals surface area contributed by atoms with Crippen molar-refractivity contribution in [1.82, 2.24) is 0 Å². The Kier molecular flexibility index (Phi) is 8.51. The van der Waals surface area contributed by atoms with Crippen molar-refractivity contribution in [3.63, 3.8) is 0 Å². The predicted octanol–water partition coefficient (Wildman–Crippen LogP) is 10.8. The lowest BCUT2D eigenvalue weighted by Gasteiger charge is -2.17. The van der Waals surface area contributed by atoms with Gasteiger partial charge in [-0.25, -0.2) is 4.99 Å². The van der Waals surface area contributed by atoms with E-state index in [2.05, 4.69) is 24.3 Å². The first-order chi connectivity index (χ1) is 20.8. The number of aliphatic imine (C=N–C) groups is 1. The molecular weight excluding hydrogens is 619 g/mol. The molecule has 4 nitrogen and oxygen atoms in total. The highest BCUT2D eigenvalue weighted by atomic mass is 35.5. The molecule has 1 aliphatic heterocycles. The van der Waals surface area contributed by atoms with Crippen LogP contribution < -0.4 is 9.64 Å². The number of benzene rings is 5. The highest BCUT2D eigenvalue weighted by molar-refractivity contribution is 8.19. The van der Waals surface area contributed by atoms with E-state index in [4.69, 9.17) is 44.5 Å². The Morgan fingerprint density at radius 3 is 2.37 bits per heavy atom. The SMILES string of the molecule is Cc1ccc(N=C2S/C(=C/c3cc(Cl)ccc3OCc3cccc4ccccc34)C(=O)N2c2ccc(C)c(Cl)c2)cc1Cl. The summed E-state index contributed by atoms with van der Waals surface area (Å²) >= 11 is 20.5. The Morgan fingerprint density at radius 2 is 1.58 bits per heavy atom. The molecule has 1 aliphatic rings. The van der Waals surface area contributed by atoms with Crippen LogP contribution in [-0.4, -0.2) is 11.1 Å². The number of hydrogen-bond acceptors (Lipinski definition) is 4. The van der Waals surface area contributed by atoms with Crippen molar-refractivity contribution in [1.29, 1.82) is 0 Å². The number of carbonyl (C=O) groups excluding carboxylic acids is 1. The molecule has 1 fully saturated rings. The molecular formula is C35H25Cl3N2O2S. The number of carbonyl (C=O) groups is 1. The maximum absolute atomic E-state index is 14.0. The summed E-state index contributed by atoms with van der Waals surface area (Å²) in [5, 5.41) is 4.45. The van der Waals surface area contributed by atoms with Crippen LogP contribution >= 0.6 is 46.6 Å². The van der Waals surface area contributed by atoms with E-state index in [0.29, 0.717) is 54.4 Å². The number of hydrogen-bond donors (Lipinski definition) is 0. The molecule has 214 valence electrons. The minimum Gasteiger partial charge on any atom is -0.488 e. The smallest absolute Gasteiger partial charge is 0.271 e. The van der Waals surface area contributed by atoms with Crippen molar-refractivity contribution in [2.75, 3.05) is 4.90 Å². The highest BCUT2D eigenvalue weighted by Crippen LogP contribution is 2.40. The number of nitrogens with zero attached hydrogens (tertiary/aromatic N) is 2. The molecule has 0 N–H and O–H groups in total. The van der Waals surface area contributed by atoms with Gasteiger partial charge in [-0.05, 0) is 102 Å². The van der Waals surface area contributed by atoms with Crippen LogP contribution in [0.5, 0.6) is 5.75 Å². The number of rotatable bonds is 6. The topological polar surface area (TPSA) is 41.9 Å². The van der Waals surface area contributed by atoms with Crippen molar-refractivity contribution in [2.45, 2.75) is 20.5 Å². The van der Waals surface area contributed by atoms with Gasteiger partial charge < -0.3 is 4.74 Å². The standard InChI is InChI=1S/C35H25Cl3N2O2S/c1-21-10-13-27(18-30(21)37)39-35-40(28-14-11-22(2)31(38)19-28)34(41)33(43-35)17-25-16-26(36)12-15-32(25)42-20-24-8-5-7-23-6-3-4-9-29(23)24/h3-19H,20H2,1-2H3/b33-17+,39-35?. The van der Waals surface area contributed by atoms with E-state index in [9.17, 15) is 4.79 Å². The molecule has 0 spiro atoms. The van der Waals surface area contributed by atoms with Crippen LogP contribution in [0.25, 0.3) is 16.8 Å². The second kappa shape index (κ2) is 12.5. The van der Waals surface area contributed by atoms with Gasteiger partial charge in [-0.3, -0.25) is 9.69 Å². The van der Waals surface area contributed by atoms with Crippen molar-refractivity contribution in [2.24, 2.45) is 4.99 Å². The summed E-state index contributed by atoms with van der Waals surface area (Å²) in [5.41, 5.74) is 4.86. The molecule has 0 unspecified atom stereocenters. The number of amides is 1. The summed E-state index contributed by atoms with van der Waals surface area (Å²) < 4.78 is 6.32. The molecule has 0 bridgehead atoms. The lowest BCUT2D eigenvalue weighted by atomic mass is 10.1. The summed E-state index contributed by atoms with van der Waals surface area (Å²) in [6.45, 7) is 4.20. The van der Waals surface area contributed by atoms with E-state index in [1.807, 2.05) is 62.4 Å². The van der Waals surface area contributed by atoms with Crippen LogP contribution in [0.15, 0.2) is 107 Å². The van der Waals surface area contributed by atoms with Crippen LogP contribution in [0.1, 0.15) is 22.3 Å². The molecule has 5 aromatic rings. The van der Waals surface area contributed by atoms with Gasteiger partial charge in [0.05, 0.1) is 16.3 Å². The molecule has 0 saturated carbocycles. The summed E-state index contributed by atoms with van der Waals surface area (Å²) in [7, 11) is 0. The maximum Gasteiger partial charge on any atom is 0.271 e. The van der Waals surface area contributed by atoms with Crippen molar-refractivity contribution >= 4 is 85.9 Å². The molecule has 0 aliphatic carbocycles. The lowest BCUT2D eigenvalue weighted by Crippen LogP contribution is -2.28. The minimum absolute atomic E-state index is 0.234. The number of aryl methyl sites for hydroxylation is 2. The first kappa shape index (κ1) is 29.3. The number of anilines is 1. The highest BCUT2D eigenvalue weighted by Gasteiger charge is 2.35. The van der Waals surface area contributed by atoms with Crippen molar-refractivity contribution in [3.05, 3.63) is 139 Å². The first-order valence-electron chi connectivity index (χ1n) is 13.5. The number of halogens is 3. The van der Waals surface area contributed by atoms with Crippen molar-refractivity contribution in [3.8, 4) is 5.75 Å². The number of fused-ring (bicyclic) bond motifs is 1. The molecule has 0 aromatic heterocycles. The Hall–Kier alpha value is -3.74. The molecule has 8 heteroatoms. The fourth-order valence-corrected chi connectivity index (χ4v) is 6.26. The zero-order valence-corrected chi connectivity index (χ0v) is 26.4. The zero-order valence-electron chi connectivity index (χ0n) is 23.3. The number of ether oxygens (including phenoxy) is 1. The second-order valence-corrected chi connectivity index (χ2v) is 12.4. The first-order valence-corrected chi connectivity index (χ1v) is 15.5. The van der Waals surface area contributed by atoms with Crippen LogP contribution in [0.2, 0.25) is 15.1 Å². The van der Waals surface area contributed by atoms with E-state index >= 15 is 0 Å². The van der Waals surface area contributed by atoms with E-state index in [-0.39, 0.29) is 5.91 Å². The second-order valence-electron chi connectivity index (χ2n) is 10.1. The summed E-state index contributed by atoms with van der Waals surface area (Å²) in [6, 6.07) is 30.8. The van der Waals surface area contributed by atoms with Gasteiger partial charge in [-0.15, -0.1) is 0 Å². The van der Waals surface area contributed by atoms with Gasteiger partial charge in [-0.2, -0.15) is 0 Å². The average Bonchev–Trinajstić information content (AvgIpc) is 3.29. The fraction of sp³-hybridized carbons (Fsp3) is 0.0857. The molecule has 5 aromatic carbocycles. The third-order valence-electron chi connectivity index (χ3n) is 7.12. The third-order valence-corrected chi connectivity index (χ3v) is 9.14. The maximum atomic E-state index is 14.0. The predicted molar refractivity (Wildman–Crippen MR) is 182 cm³/mol. The Labute approximate surface area is 269 Å². The lowest BCUT2D eigenvalue weighted by molar-refractivity contribution is -0.113. The minimum atomic E-state index is -0.234. The third kappa shape index (κ3) is 6.31.